The summed E-state index contributed by atoms with van der Waals surface area (Å²) in [7, 11) is 0. The maximum absolute atomic E-state index is 12.3. The maximum Gasteiger partial charge on any atom is 0.411 e. The van der Waals surface area contributed by atoms with E-state index in [0.717, 1.165) is 31.2 Å². The molecule has 3 aromatic rings. The van der Waals surface area contributed by atoms with E-state index in [-0.39, 0.29) is 17.0 Å². The first kappa shape index (κ1) is 21.7. The number of nitrogens with one attached hydrogen (secondary N) is 1. The minimum atomic E-state index is -1.07. The second kappa shape index (κ2) is 8.99. The van der Waals surface area contributed by atoms with Crippen molar-refractivity contribution in [2.24, 2.45) is 5.92 Å². The Morgan fingerprint density at radius 1 is 1.18 bits per heavy atom. The molecule has 172 valence electrons. The fourth-order valence-electron chi connectivity index (χ4n) is 4.07. The van der Waals surface area contributed by atoms with Crippen LogP contribution in [0.5, 0.6) is 0 Å². The molecule has 2 amide bonds. The van der Waals surface area contributed by atoms with Gasteiger partial charge < -0.3 is 15.2 Å². The van der Waals surface area contributed by atoms with Gasteiger partial charge in [-0.1, -0.05) is 23.7 Å². The average Bonchev–Trinajstić information content (AvgIpc) is 3.53. The quantitative estimate of drug-likeness (QED) is 0.567. The lowest BCUT2D eigenvalue weighted by Gasteiger charge is -2.28. The first-order chi connectivity index (χ1) is 16.0. The summed E-state index contributed by atoms with van der Waals surface area (Å²) < 4.78 is 6.95. The van der Waals surface area contributed by atoms with Crippen LogP contribution >= 0.6 is 11.6 Å². The molecule has 1 saturated carbocycles. The van der Waals surface area contributed by atoms with E-state index in [1.54, 1.807) is 22.8 Å². The molecule has 0 spiro atoms. The van der Waals surface area contributed by atoms with Crippen LogP contribution in [0.2, 0.25) is 5.15 Å². The number of amides is 2. The zero-order chi connectivity index (χ0) is 22.9. The van der Waals surface area contributed by atoms with E-state index in [9.17, 15) is 14.7 Å². The van der Waals surface area contributed by atoms with E-state index < -0.39 is 6.09 Å². The van der Waals surface area contributed by atoms with E-state index >= 15 is 0 Å². The van der Waals surface area contributed by atoms with Crippen LogP contribution in [0.25, 0.3) is 16.9 Å². The number of hydrogen-bond donors (Lipinski definition) is 2. The van der Waals surface area contributed by atoms with Crippen molar-refractivity contribution in [2.45, 2.75) is 31.7 Å². The number of fused-ring (bicyclic) bond motifs is 1. The number of hydrogen-bond acceptors (Lipinski definition) is 5. The van der Waals surface area contributed by atoms with Gasteiger partial charge in [0.05, 0.1) is 17.6 Å². The number of carbonyl (C=O) groups excluding carboxylic acids is 1. The number of imidazole rings is 1. The van der Waals surface area contributed by atoms with Gasteiger partial charge in [0.25, 0.3) is 5.91 Å². The van der Waals surface area contributed by atoms with E-state index in [4.69, 9.17) is 16.3 Å². The highest BCUT2D eigenvalue weighted by molar-refractivity contribution is 6.29. The van der Waals surface area contributed by atoms with Crippen molar-refractivity contribution in [3.63, 3.8) is 0 Å². The molecule has 3 heterocycles. The summed E-state index contributed by atoms with van der Waals surface area (Å²) >= 11 is 6.30. The van der Waals surface area contributed by atoms with Crippen LogP contribution in [0.4, 0.5) is 10.5 Å². The summed E-state index contributed by atoms with van der Waals surface area (Å²) in [5, 5.41) is 17.4. The summed E-state index contributed by atoms with van der Waals surface area (Å²) in [5.41, 5.74) is 2.82. The Morgan fingerprint density at radius 2 is 1.91 bits per heavy atom. The summed E-state index contributed by atoms with van der Waals surface area (Å²) in [4.78, 5) is 30.2. The monoisotopic (exact) mass is 469 g/mol. The molecule has 0 radical (unpaired) electrons. The molecular weight excluding hydrogens is 446 g/mol. The minimum Gasteiger partial charge on any atom is -0.465 e. The van der Waals surface area contributed by atoms with Gasteiger partial charge in [-0.05, 0) is 43.7 Å². The molecule has 1 aromatic carbocycles. The first-order valence-corrected chi connectivity index (χ1v) is 11.4. The van der Waals surface area contributed by atoms with Crippen molar-refractivity contribution in [3.8, 4) is 11.3 Å². The predicted octanol–water partition coefficient (Wildman–Crippen LogP) is 3.85. The standard InChI is InChI=1S/C23H24ClN5O4/c24-20-11-18(28(23(31)32)13-14-7-9-33-10-8-14)21-25-12-19(29(21)27-20)15-1-3-16(4-2-15)22(30)26-17-5-6-17/h1-4,11-12,14,17H,5-10,13H2,(H,26,30)(H,31,32). The molecule has 0 bridgehead atoms. The van der Waals surface area contributed by atoms with Crippen LogP contribution in [0.1, 0.15) is 36.0 Å². The van der Waals surface area contributed by atoms with Gasteiger partial charge in [-0.25, -0.2) is 14.3 Å². The summed E-state index contributed by atoms with van der Waals surface area (Å²) in [6, 6.07) is 8.99. The molecule has 33 heavy (non-hydrogen) atoms. The molecule has 2 N–H and O–H groups in total. The Bertz CT molecular complexity index is 1190. The van der Waals surface area contributed by atoms with E-state index in [1.807, 2.05) is 12.1 Å². The van der Waals surface area contributed by atoms with Crippen molar-refractivity contribution >= 4 is 34.9 Å². The molecule has 0 atom stereocenters. The third-order valence-electron chi connectivity index (χ3n) is 6.08. The summed E-state index contributed by atoms with van der Waals surface area (Å²) in [6.07, 6.45) is 4.24. The Kier molecular flexibility index (Phi) is 5.90. The van der Waals surface area contributed by atoms with Gasteiger partial charge in [0.2, 0.25) is 0 Å². The topological polar surface area (TPSA) is 109 Å². The van der Waals surface area contributed by atoms with Crippen LogP contribution in [0.15, 0.2) is 36.5 Å². The molecular formula is C23H24ClN5O4. The number of aromatic nitrogens is 3. The smallest absolute Gasteiger partial charge is 0.411 e. The van der Waals surface area contributed by atoms with Crippen molar-refractivity contribution in [2.75, 3.05) is 24.7 Å². The molecule has 1 aliphatic carbocycles. The van der Waals surface area contributed by atoms with E-state index in [2.05, 4.69) is 15.4 Å². The molecule has 2 aliphatic rings. The lowest BCUT2D eigenvalue weighted by Crippen LogP contribution is -2.36. The highest BCUT2D eigenvalue weighted by Gasteiger charge is 2.26. The number of halogens is 1. The van der Waals surface area contributed by atoms with Crippen molar-refractivity contribution in [3.05, 3.63) is 47.2 Å². The maximum atomic E-state index is 12.3. The zero-order valence-corrected chi connectivity index (χ0v) is 18.7. The summed E-state index contributed by atoms with van der Waals surface area (Å²) in [6.45, 7) is 1.60. The van der Waals surface area contributed by atoms with Crippen molar-refractivity contribution < 1.29 is 19.4 Å². The van der Waals surface area contributed by atoms with E-state index in [0.29, 0.717) is 48.4 Å². The predicted molar refractivity (Wildman–Crippen MR) is 123 cm³/mol. The van der Waals surface area contributed by atoms with Crippen molar-refractivity contribution in [1.29, 1.82) is 0 Å². The van der Waals surface area contributed by atoms with Crippen LogP contribution < -0.4 is 10.2 Å². The number of nitrogens with zero attached hydrogens (tertiary/aromatic N) is 4. The largest absolute Gasteiger partial charge is 0.465 e. The van der Waals surface area contributed by atoms with Crippen LogP contribution in [0, 0.1) is 5.92 Å². The number of carbonyl (C=O) groups is 2. The second-order valence-electron chi connectivity index (χ2n) is 8.51. The summed E-state index contributed by atoms with van der Waals surface area (Å²) in [5.74, 6) is 0.112. The molecule has 0 unspecified atom stereocenters. The third kappa shape index (κ3) is 4.65. The van der Waals surface area contributed by atoms with Crippen LogP contribution in [-0.4, -0.2) is 57.5 Å². The lowest BCUT2D eigenvalue weighted by molar-refractivity contribution is 0.0680. The van der Waals surface area contributed by atoms with Crippen LogP contribution in [0.3, 0.4) is 0 Å². The van der Waals surface area contributed by atoms with E-state index in [1.165, 1.54) is 11.0 Å². The number of ether oxygens (including phenoxy) is 1. The number of carboxylic acid groups (broad SMARTS) is 1. The van der Waals surface area contributed by atoms with Gasteiger partial charge in [0.1, 0.15) is 0 Å². The van der Waals surface area contributed by atoms with Gasteiger partial charge in [-0.2, -0.15) is 5.10 Å². The fourth-order valence-corrected chi connectivity index (χ4v) is 4.25. The molecule has 1 saturated heterocycles. The van der Waals surface area contributed by atoms with Gasteiger partial charge >= 0.3 is 6.09 Å². The van der Waals surface area contributed by atoms with Crippen molar-refractivity contribution in [1.82, 2.24) is 19.9 Å². The van der Waals surface area contributed by atoms with Gasteiger partial charge in [-0.15, -0.1) is 0 Å². The normalized spacial score (nSPS) is 16.6. The Hall–Kier alpha value is -3.17. The lowest BCUT2D eigenvalue weighted by atomic mass is 10.00. The molecule has 2 aromatic heterocycles. The number of rotatable bonds is 6. The number of anilines is 1. The minimum absolute atomic E-state index is 0.0872. The fraction of sp³-hybridized carbons (Fsp3) is 0.391. The molecule has 10 heteroatoms. The first-order valence-electron chi connectivity index (χ1n) is 11.0. The van der Waals surface area contributed by atoms with Crippen LogP contribution in [-0.2, 0) is 4.74 Å². The van der Waals surface area contributed by atoms with Gasteiger partial charge in [-0.3, -0.25) is 9.69 Å². The zero-order valence-electron chi connectivity index (χ0n) is 17.9. The Morgan fingerprint density at radius 3 is 2.58 bits per heavy atom. The second-order valence-corrected chi connectivity index (χ2v) is 8.89. The number of benzene rings is 1. The highest BCUT2D eigenvalue weighted by atomic mass is 35.5. The van der Waals surface area contributed by atoms with Gasteiger partial charge in [0, 0.05) is 43.0 Å². The molecule has 9 nitrogen and oxygen atoms in total. The van der Waals surface area contributed by atoms with Gasteiger partial charge in [0.15, 0.2) is 10.8 Å². The molecule has 2 fully saturated rings. The molecule has 1 aliphatic heterocycles. The average molecular weight is 470 g/mol. The molecule has 5 rings (SSSR count). The SMILES string of the molecule is O=C(NC1CC1)c1ccc(-c2cnc3c(N(CC4CCOCC4)C(=O)O)cc(Cl)nn23)cc1. The third-order valence-corrected chi connectivity index (χ3v) is 6.26. The Labute approximate surface area is 195 Å². The highest BCUT2D eigenvalue weighted by Crippen LogP contribution is 2.30. The Balaban J connectivity index is 1.47.